The molecular formula is C21H28N2O6. The van der Waals surface area contributed by atoms with Crippen LogP contribution in [0, 0.1) is 11.8 Å². The van der Waals surface area contributed by atoms with Crippen LogP contribution >= 0.6 is 0 Å². The zero-order valence-electron chi connectivity index (χ0n) is 16.7. The molecule has 0 aromatic heterocycles. The Labute approximate surface area is 170 Å². The Hall–Kier alpha value is -2.90. The Morgan fingerprint density at radius 1 is 1.17 bits per heavy atom. The summed E-state index contributed by atoms with van der Waals surface area (Å²) in [6.45, 7) is 3.53. The van der Waals surface area contributed by atoms with Crippen LogP contribution in [0.15, 0.2) is 30.3 Å². The van der Waals surface area contributed by atoms with Gasteiger partial charge < -0.3 is 20.5 Å². The largest absolute Gasteiger partial charge is 0.480 e. The molecule has 2 amide bonds. The standard InChI is InChI=1S/C21H28N2O6/c1-13(2)17(23-21(28)29-12-14-7-4-3-5-8-14)19(25)22-18(20(26)27)15-9-6-10-16(24)11-15/h3-5,7-8,13,15,17-18H,6,9-12H2,1-2H3,(H,22,25)(H,23,28)(H,26,27)/t15-,17-,18+/m0/s1. The number of Topliss-reactive ketones (excluding diaryl/α,β-unsaturated/α-hetero) is 1. The van der Waals surface area contributed by atoms with Crippen LogP contribution in [-0.4, -0.2) is 40.9 Å². The van der Waals surface area contributed by atoms with E-state index in [-0.39, 0.29) is 24.7 Å². The van der Waals surface area contributed by atoms with Crippen LogP contribution in [0.3, 0.4) is 0 Å². The van der Waals surface area contributed by atoms with Crippen LogP contribution in [0.2, 0.25) is 0 Å². The van der Waals surface area contributed by atoms with Crippen molar-refractivity contribution in [3.63, 3.8) is 0 Å². The van der Waals surface area contributed by atoms with Gasteiger partial charge in [0.2, 0.25) is 5.91 Å². The fraction of sp³-hybridized carbons (Fsp3) is 0.524. The number of carboxylic acids is 1. The number of carbonyl (C=O) groups is 4. The number of carboxylic acid groups (broad SMARTS) is 1. The summed E-state index contributed by atoms with van der Waals surface area (Å²) < 4.78 is 5.15. The fourth-order valence-corrected chi connectivity index (χ4v) is 3.39. The lowest BCUT2D eigenvalue weighted by atomic mass is 9.83. The van der Waals surface area contributed by atoms with Crippen LogP contribution in [0.1, 0.15) is 45.1 Å². The smallest absolute Gasteiger partial charge is 0.408 e. The number of nitrogens with one attached hydrogen (secondary N) is 2. The summed E-state index contributed by atoms with van der Waals surface area (Å²) in [5, 5.41) is 14.6. The minimum Gasteiger partial charge on any atom is -0.480 e. The molecule has 0 unspecified atom stereocenters. The molecule has 0 saturated heterocycles. The summed E-state index contributed by atoms with van der Waals surface area (Å²) >= 11 is 0. The fourth-order valence-electron chi connectivity index (χ4n) is 3.39. The van der Waals surface area contributed by atoms with E-state index in [1.165, 1.54) is 0 Å². The molecule has 29 heavy (non-hydrogen) atoms. The van der Waals surface area contributed by atoms with E-state index in [4.69, 9.17) is 4.74 Å². The first-order chi connectivity index (χ1) is 13.8. The monoisotopic (exact) mass is 404 g/mol. The van der Waals surface area contributed by atoms with Gasteiger partial charge in [-0.3, -0.25) is 9.59 Å². The minimum atomic E-state index is -1.19. The number of hydrogen-bond donors (Lipinski definition) is 3. The molecule has 3 atom stereocenters. The quantitative estimate of drug-likeness (QED) is 0.611. The van der Waals surface area contributed by atoms with Gasteiger partial charge in [0.15, 0.2) is 0 Å². The highest BCUT2D eigenvalue weighted by Gasteiger charge is 2.35. The Balaban J connectivity index is 1.96. The van der Waals surface area contributed by atoms with Gasteiger partial charge in [0.25, 0.3) is 0 Å². The minimum absolute atomic E-state index is 0.00442. The Morgan fingerprint density at radius 2 is 1.86 bits per heavy atom. The van der Waals surface area contributed by atoms with Crippen molar-refractivity contribution in [2.75, 3.05) is 0 Å². The molecule has 8 heteroatoms. The number of aliphatic carboxylic acids is 1. The molecule has 0 bridgehead atoms. The third-order valence-electron chi connectivity index (χ3n) is 4.99. The van der Waals surface area contributed by atoms with E-state index in [1.54, 1.807) is 13.8 Å². The lowest BCUT2D eigenvalue weighted by molar-refractivity contribution is -0.144. The highest BCUT2D eigenvalue weighted by Crippen LogP contribution is 2.25. The van der Waals surface area contributed by atoms with Crippen molar-refractivity contribution in [2.24, 2.45) is 11.8 Å². The summed E-state index contributed by atoms with van der Waals surface area (Å²) in [7, 11) is 0. The zero-order chi connectivity index (χ0) is 21.4. The molecule has 0 heterocycles. The maximum atomic E-state index is 12.7. The number of rotatable bonds is 8. The van der Waals surface area contributed by atoms with E-state index < -0.39 is 36.0 Å². The lowest BCUT2D eigenvalue weighted by Gasteiger charge is -2.29. The molecule has 1 aliphatic rings. The molecule has 0 radical (unpaired) electrons. The molecule has 158 valence electrons. The highest BCUT2D eigenvalue weighted by atomic mass is 16.5. The molecule has 1 aliphatic carbocycles. The van der Waals surface area contributed by atoms with Crippen molar-refractivity contribution in [3.05, 3.63) is 35.9 Å². The van der Waals surface area contributed by atoms with Gasteiger partial charge in [-0.1, -0.05) is 44.2 Å². The maximum Gasteiger partial charge on any atom is 0.408 e. The lowest BCUT2D eigenvalue weighted by Crippen LogP contribution is -2.56. The van der Waals surface area contributed by atoms with Crippen molar-refractivity contribution in [3.8, 4) is 0 Å². The third kappa shape index (κ3) is 6.89. The number of hydrogen-bond acceptors (Lipinski definition) is 5. The predicted molar refractivity (Wildman–Crippen MR) is 105 cm³/mol. The normalized spacial score (nSPS) is 18.6. The molecule has 0 spiro atoms. The Bertz CT molecular complexity index is 734. The van der Waals surface area contributed by atoms with E-state index in [0.29, 0.717) is 19.3 Å². The van der Waals surface area contributed by atoms with Crippen molar-refractivity contribution in [1.29, 1.82) is 0 Å². The molecular weight excluding hydrogens is 376 g/mol. The summed E-state index contributed by atoms with van der Waals surface area (Å²) in [5.74, 6) is -2.53. The van der Waals surface area contributed by atoms with Gasteiger partial charge in [0.1, 0.15) is 24.5 Å². The van der Waals surface area contributed by atoms with E-state index >= 15 is 0 Å². The molecule has 0 aliphatic heterocycles. The third-order valence-corrected chi connectivity index (χ3v) is 4.99. The van der Waals surface area contributed by atoms with Gasteiger partial charge in [-0.15, -0.1) is 0 Å². The SMILES string of the molecule is CC(C)[C@H](NC(=O)OCc1ccccc1)C(=O)N[C@@H](C(=O)O)[C@H]1CCCC(=O)C1. The second-order valence-electron chi connectivity index (χ2n) is 7.65. The molecule has 1 saturated carbocycles. The zero-order valence-corrected chi connectivity index (χ0v) is 16.7. The predicted octanol–water partition coefficient (Wildman–Crippen LogP) is 2.27. The van der Waals surface area contributed by atoms with E-state index in [0.717, 1.165) is 5.56 Å². The summed E-state index contributed by atoms with van der Waals surface area (Å²) in [5.41, 5.74) is 0.807. The first-order valence-corrected chi connectivity index (χ1v) is 9.80. The van der Waals surface area contributed by atoms with Crippen molar-refractivity contribution >= 4 is 23.8 Å². The Kier molecular flexibility index (Phi) is 8.18. The van der Waals surface area contributed by atoms with Crippen LogP contribution in [-0.2, 0) is 25.7 Å². The van der Waals surface area contributed by atoms with Crippen molar-refractivity contribution in [1.82, 2.24) is 10.6 Å². The number of amides is 2. The van der Waals surface area contributed by atoms with E-state index in [1.807, 2.05) is 30.3 Å². The van der Waals surface area contributed by atoms with Crippen LogP contribution in [0.25, 0.3) is 0 Å². The van der Waals surface area contributed by atoms with Crippen molar-refractivity contribution < 1.29 is 29.0 Å². The van der Waals surface area contributed by atoms with Crippen LogP contribution in [0.4, 0.5) is 4.79 Å². The summed E-state index contributed by atoms with van der Waals surface area (Å²) in [4.78, 5) is 48.2. The van der Waals surface area contributed by atoms with Gasteiger partial charge in [-0.05, 0) is 30.2 Å². The number of ether oxygens (including phenoxy) is 1. The van der Waals surface area contributed by atoms with Gasteiger partial charge in [-0.2, -0.15) is 0 Å². The van der Waals surface area contributed by atoms with E-state index in [9.17, 15) is 24.3 Å². The van der Waals surface area contributed by atoms with Gasteiger partial charge in [0.05, 0.1) is 0 Å². The number of carbonyl (C=O) groups excluding carboxylic acids is 3. The first-order valence-electron chi connectivity index (χ1n) is 9.80. The summed E-state index contributed by atoms with van der Waals surface area (Å²) in [6.07, 6.45) is 0.987. The average Bonchev–Trinajstić information content (AvgIpc) is 2.68. The first kappa shape index (κ1) is 22.4. The molecule has 1 aromatic rings. The molecule has 8 nitrogen and oxygen atoms in total. The second kappa shape index (κ2) is 10.6. The maximum absolute atomic E-state index is 12.7. The van der Waals surface area contributed by atoms with E-state index in [2.05, 4.69) is 10.6 Å². The molecule has 1 fully saturated rings. The average molecular weight is 404 g/mol. The van der Waals surface area contributed by atoms with Crippen LogP contribution < -0.4 is 10.6 Å². The number of alkyl carbamates (subject to hydrolysis) is 1. The van der Waals surface area contributed by atoms with Gasteiger partial charge in [-0.25, -0.2) is 9.59 Å². The topological polar surface area (TPSA) is 122 Å². The summed E-state index contributed by atoms with van der Waals surface area (Å²) in [6, 6.07) is 6.98. The Morgan fingerprint density at radius 3 is 2.45 bits per heavy atom. The molecule has 3 N–H and O–H groups in total. The van der Waals surface area contributed by atoms with Crippen molar-refractivity contribution in [2.45, 2.75) is 58.2 Å². The highest BCUT2D eigenvalue weighted by molar-refractivity contribution is 5.90. The number of ketones is 1. The van der Waals surface area contributed by atoms with Gasteiger partial charge in [0, 0.05) is 12.8 Å². The molecule has 1 aromatic carbocycles. The van der Waals surface area contributed by atoms with Crippen LogP contribution in [0.5, 0.6) is 0 Å². The van der Waals surface area contributed by atoms with Gasteiger partial charge >= 0.3 is 12.1 Å². The second-order valence-corrected chi connectivity index (χ2v) is 7.65. The molecule has 2 rings (SSSR count). The number of benzene rings is 1.